The molecule has 2 nitrogen and oxygen atoms in total. The number of hydrogen-bond acceptors (Lipinski definition) is 2. The third-order valence-electron chi connectivity index (χ3n) is 5.01. The van der Waals surface area contributed by atoms with Gasteiger partial charge in [0.1, 0.15) is 11.9 Å². The van der Waals surface area contributed by atoms with Gasteiger partial charge in [-0.2, -0.15) is 0 Å². The molecule has 2 unspecified atom stereocenters. The van der Waals surface area contributed by atoms with Gasteiger partial charge in [-0.15, -0.1) is 0 Å². The fourth-order valence-corrected chi connectivity index (χ4v) is 4.00. The highest BCUT2D eigenvalue weighted by molar-refractivity contribution is 6.30. The Kier molecular flexibility index (Phi) is 3.72. The van der Waals surface area contributed by atoms with E-state index in [1.165, 1.54) is 32.1 Å². The summed E-state index contributed by atoms with van der Waals surface area (Å²) >= 11 is 5.92. The molecule has 0 aromatic heterocycles. The van der Waals surface area contributed by atoms with E-state index in [2.05, 4.69) is 12.4 Å². The van der Waals surface area contributed by atoms with Crippen LogP contribution in [-0.4, -0.2) is 19.2 Å². The Morgan fingerprint density at radius 1 is 1.16 bits per heavy atom. The molecule has 0 amide bonds. The molecule has 0 radical (unpaired) electrons. The molecule has 2 aliphatic carbocycles. The lowest BCUT2D eigenvalue weighted by molar-refractivity contribution is -0.100. The van der Waals surface area contributed by atoms with E-state index in [0.717, 1.165) is 17.2 Å². The summed E-state index contributed by atoms with van der Waals surface area (Å²) in [5.74, 6) is 0.953. The van der Waals surface area contributed by atoms with E-state index in [4.69, 9.17) is 16.3 Å². The second kappa shape index (κ2) is 5.34. The monoisotopic (exact) mass is 279 g/mol. The van der Waals surface area contributed by atoms with Crippen molar-refractivity contribution < 1.29 is 4.74 Å². The highest BCUT2D eigenvalue weighted by atomic mass is 35.5. The lowest BCUT2D eigenvalue weighted by Gasteiger charge is -2.57. The minimum Gasteiger partial charge on any atom is -0.490 e. The van der Waals surface area contributed by atoms with E-state index in [1.807, 2.05) is 24.3 Å². The van der Waals surface area contributed by atoms with Gasteiger partial charge in [-0.25, -0.2) is 0 Å². The first-order valence-corrected chi connectivity index (χ1v) is 7.72. The molecule has 3 rings (SSSR count). The van der Waals surface area contributed by atoms with Gasteiger partial charge in [0.05, 0.1) is 0 Å². The van der Waals surface area contributed by atoms with Gasteiger partial charge in [-0.05, 0) is 44.2 Å². The van der Waals surface area contributed by atoms with E-state index in [1.54, 1.807) is 0 Å². The van der Waals surface area contributed by atoms with Crippen LogP contribution in [0.3, 0.4) is 0 Å². The van der Waals surface area contributed by atoms with Crippen LogP contribution in [0.15, 0.2) is 24.3 Å². The van der Waals surface area contributed by atoms with Crippen LogP contribution in [0.5, 0.6) is 5.75 Å². The van der Waals surface area contributed by atoms with Crippen molar-refractivity contribution in [1.29, 1.82) is 0 Å². The second-order valence-electron chi connectivity index (χ2n) is 5.93. The molecule has 2 saturated carbocycles. The Balaban J connectivity index is 1.72. The van der Waals surface area contributed by atoms with Gasteiger partial charge in [-0.3, -0.25) is 0 Å². The van der Waals surface area contributed by atoms with Crippen LogP contribution in [-0.2, 0) is 0 Å². The van der Waals surface area contributed by atoms with Gasteiger partial charge >= 0.3 is 0 Å². The molecular formula is C16H22ClNO. The number of rotatable bonds is 3. The standard InChI is InChI=1S/C16H22ClNO/c1-18-14-11-15(16(14)9-3-2-4-10-16)19-13-7-5-12(17)6-8-13/h5-8,14-15,18H,2-4,9-11H2,1H3. The number of hydrogen-bond donors (Lipinski definition) is 1. The Labute approximate surface area is 120 Å². The minimum atomic E-state index is 0.367. The van der Waals surface area contributed by atoms with E-state index in [9.17, 15) is 0 Å². The average molecular weight is 280 g/mol. The van der Waals surface area contributed by atoms with Crippen molar-refractivity contribution in [1.82, 2.24) is 5.32 Å². The molecule has 0 aliphatic heterocycles. The van der Waals surface area contributed by atoms with E-state index >= 15 is 0 Å². The van der Waals surface area contributed by atoms with Crippen molar-refractivity contribution in [2.24, 2.45) is 5.41 Å². The molecule has 2 atom stereocenters. The zero-order chi connectivity index (χ0) is 13.3. The summed E-state index contributed by atoms with van der Waals surface area (Å²) in [6, 6.07) is 8.39. The van der Waals surface area contributed by atoms with Crippen LogP contribution in [0.4, 0.5) is 0 Å². The number of nitrogens with one attached hydrogen (secondary N) is 1. The summed E-state index contributed by atoms with van der Waals surface area (Å²) in [5.41, 5.74) is 0.368. The smallest absolute Gasteiger partial charge is 0.119 e. The van der Waals surface area contributed by atoms with Crippen molar-refractivity contribution in [2.45, 2.75) is 50.7 Å². The molecule has 19 heavy (non-hydrogen) atoms. The maximum atomic E-state index is 6.23. The quantitative estimate of drug-likeness (QED) is 0.902. The molecular weight excluding hydrogens is 258 g/mol. The second-order valence-corrected chi connectivity index (χ2v) is 6.37. The summed E-state index contributed by atoms with van der Waals surface area (Å²) in [4.78, 5) is 0. The third kappa shape index (κ3) is 2.36. The van der Waals surface area contributed by atoms with Crippen molar-refractivity contribution >= 4 is 11.6 Å². The Morgan fingerprint density at radius 3 is 2.47 bits per heavy atom. The van der Waals surface area contributed by atoms with Crippen LogP contribution < -0.4 is 10.1 Å². The summed E-state index contributed by atoms with van der Waals surface area (Å²) < 4.78 is 6.23. The van der Waals surface area contributed by atoms with Crippen molar-refractivity contribution in [3.63, 3.8) is 0 Å². The molecule has 0 saturated heterocycles. The van der Waals surface area contributed by atoms with E-state index < -0.39 is 0 Å². The molecule has 3 heteroatoms. The van der Waals surface area contributed by atoms with Crippen LogP contribution in [0.2, 0.25) is 5.02 Å². The molecule has 1 N–H and O–H groups in total. The molecule has 2 aliphatic rings. The van der Waals surface area contributed by atoms with Gasteiger partial charge in [0.25, 0.3) is 0 Å². The average Bonchev–Trinajstić information content (AvgIpc) is 2.46. The molecule has 0 bridgehead atoms. The highest BCUT2D eigenvalue weighted by Crippen LogP contribution is 2.53. The summed E-state index contributed by atoms with van der Waals surface area (Å²) in [6.07, 6.45) is 8.17. The summed E-state index contributed by atoms with van der Waals surface area (Å²) in [6.45, 7) is 0. The molecule has 1 aromatic carbocycles. The fraction of sp³-hybridized carbons (Fsp3) is 0.625. The lowest BCUT2D eigenvalue weighted by Crippen LogP contribution is -2.64. The maximum Gasteiger partial charge on any atom is 0.119 e. The zero-order valence-corrected chi connectivity index (χ0v) is 12.2. The van der Waals surface area contributed by atoms with Crippen LogP contribution in [0.25, 0.3) is 0 Å². The first kappa shape index (κ1) is 13.3. The van der Waals surface area contributed by atoms with Gasteiger partial charge in [0.2, 0.25) is 0 Å². The van der Waals surface area contributed by atoms with Crippen molar-refractivity contribution in [3.8, 4) is 5.75 Å². The predicted molar refractivity (Wildman–Crippen MR) is 78.9 cm³/mol. The minimum absolute atomic E-state index is 0.367. The van der Waals surface area contributed by atoms with Crippen molar-refractivity contribution in [2.75, 3.05) is 7.05 Å². The highest BCUT2D eigenvalue weighted by Gasteiger charge is 2.55. The Hall–Kier alpha value is -0.730. The topological polar surface area (TPSA) is 21.3 Å². The van der Waals surface area contributed by atoms with Crippen molar-refractivity contribution in [3.05, 3.63) is 29.3 Å². The largest absolute Gasteiger partial charge is 0.490 e. The summed E-state index contributed by atoms with van der Waals surface area (Å²) in [5, 5.41) is 4.25. The number of ether oxygens (including phenoxy) is 1. The molecule has 2 fully saturated rings. The van der Waals surface area contributed by atoms with Gasteiger partial charge in [0, 0.05) is 22.9 Å². The molecule has 104 valence electrons. The van der Waals surface area contributed by atoms with E-state index in [-0.39, 0.29) is 0 Å². The number of halogens is 1. The Morgan fingerprint density at radius 2 is 1.84 bits per heavy atom. The predicted octanol–water partition coefficient (Wildman–Crippen LogP) is 4.03. The van der Waals surface area contributed by atoms with E-state index in [0.29, 0.717) is 17.6 Å². The maximum absolute atomic E-state index is 6.23. The van der Waals surface area contributed by atoms with Gasteiger partial charge in [-0.1, -0.05) is 30.9 Å². The number of benzene rings is 1. The normalized spacial score (nSPS) is 28.9. The third-order valence-corrected chi connectivity index (χ3v) is 5.26. The summed E-state index contributed by atoms with van der Waals surface area (Å²) in [7, 11) is 2.08. The molecule has 0 heterocycles. The zero-order valence-electron chi connectivity index (χ0n) is 11.5. The van der Waals surface area contributed by atoms with Crippen LogP contribution in [0, 0.1) is 5.41 Å². The molecule has 1 aromatic rings. The van der Waals surface area contributed by atoms with Gasteiger partial charge < -0.3 is 10.1 Å². The first-order valence-electron chi connectivity index (χ1n) is 7.34. The van der Waals surface area contributed by atoms with Crippen LogP contribution in [0.1, 0.15) is 38.5 Å². The van der Waals surface area contributed by atoms with Crippen LogP contribution >= 0.6 is 11.6 Å². The van der Waals surface area contributed by atoms with Gasteiger partial charge in [0.15, 0.2) is 0 Å². The molecule has 1 spiro atoms. The first-order chi connectivity index (χ1) is 9.24. The fourth-order valence-electron chi connectivity index (χ4n) is 3.88. The Bertz CT molecular complexity index is 425. The lowest BCUT2D eigenvalue weighted by atomic mass is 9.55. The SMILES string of the molecule is CNC1CC(Oc2ccc(Cl)cc2)C12CCCCC2.